The molecule has 1 aromatic carbocycles. The van der Waals surface area contributed by atoms with Gasteiger partial charge in [-0.1, -0.05) is 71.4 Å². The summed E-state index contributed by atoms with van der Waals surface area (Å²) in [4.78, 5) is 40.8. The van der Waals surface area contributed by atoms with Gasteiger partial charge in [0, 0.05) is 18.5 Å². The molecular formula is C35H49BN2O5S. The molecular weight excluding hydrogens is 571 g/mol. The van der Waals surface area contributed by atoms with Gasteiger partial charge in [0.25, 0.3) is 5.91 Å². The Hall–Kier alpha value is -2.49. The third-order valence-corrected chi connectivity index (χ3v) is 11.4. The molecule has 1 aliphatic heterocycles. The Morgan fingerprint density at radius 1 is 1.09 bits per heavy atom. The summed E-state index contributed by atoms with van der Waals surface area (Å²) in [5.41, 5.74) is 1.62. The van der Waals surface area contributed by atoms with Crippen molar-refractivity contribution in [1.82, 2.24) is 10.6 Å². The molecule has 0 radical (unpaired) electrons. The Morgan fingerprint density at radius 3 is 2.48 bits per heavy atom. The molecule has 4 aliphatic rings. The molecule has 2 aromatic rings. The van der Waals surface area contributed by atoms with Crippen molar-refractivity contribution in [2.24, 2.45) is 29.1 Å². The van der Waals surface area contributed by atoms with Crippen molar-refractivity contribution in [2.45, 2.75) is 104 Å². The van der Waals surface area contributed by atoms with Gasteiger partial charge in [0.15, 0.2) is 5.78 Å². The number of carbonyl (C=O) groups excluding carboxylic acids is 3. The number of aryl methyl sites for hydroxylation is 1. The van der Waals surface area contributed by atoms with Gasteiger partial charge >= 0.3 is 7.12 Å². The fourth-order valence-electron chi connectivity index (χ4n) is 7.67. The lowest BCUT2D eigenvalue weighted by Crippen LogP contribution is -2.65. The number of ketones is 1. The maximum atomic E-state index is 14.0. The molecule has 2 heterocycles. The Kier molecular flexibility index (Phi) is 10.1. The number of hydrogen-bond donors (Lipinski definition) is 2. The van der Waals surface area contributed by atoms with Crippen molar-refractivity contribution < 1.29 is 23.7 Å². The van der Waals surface area contributed by atoms with Gasteiger partial charge in [-0.3, -0.25) is 14.4 Å². The first kappa shape index (κ1) is 32.9. The number of hydrogen-bond acceptors (Lipinski definition) is 6. The SMILES string of the molecule is CCCCc1ccc(C(=O)C[C@@H](CNC(=O)c2cccs2)C(=O)N[C@@H](CC(C)C)B2O[C@@H]3C[C@@H]4C[C@@H](C4(C)C)[C@]3(C)O2)cc1. The topological polar surface area (TPSA) is 93.7 Å². The standard InChI is InChI=1S/C35H49BN2O5S/c1-7-8-10-23-12-14-24(15-13-23)27(39)18-25(21-37-33(41)28-11-9-16-44-28)32(40)38-31(17-22(2)3)36-42-30-20-26-19-29(34(26,4)5)35(30,6)43-36/h9,11-16,22,25-26,29-31H,7-8,10,17-21H2,1-6H3,(H,37,41)(H,38,40)/t25-,26-,29-,30+,31-,35-/m0/s1. The van der Waals surface area contributed by atoms with Crippen molar-refractivity contribution in [3.05, 3.63) is 57.8 Å². The lowest BCUT2D eigenvalue weighted by Gasteiger charge is -2.64. The Balaban J connectivity index is 1.30. The summed E-state index contributed by atoms with van der Waals surface area (Å²) in [5, 5.41) is 7.97. The van der Waals surface area contributed by atoms with Crippen LogP contribution < -0.4 is 10.6 Å². The van der Waals surface area contributed by atoms with E-state index in [9.17, 15) is 14.4 Å². The van der Waals surface area contributed by atoms with Crippen molar-refractivity contribution in [2.75, 3.05) is 6.54 Å². The van der Waals surface area contributed by atoms with E-state index in [1.54, 1.807) is 6.07 Å². The van der Waals surface area contributed by atoms with Gasteiger partial charge in [-0.15, -0.1) is 11.3 Å². The highest BCUT2D eigenvalue weighted by Gasteiger charge is 2.68. The minimum Gasteiger partial charge on any atom is -0.404 e. The van der Waals surface area contributed by atoms with Crippen molar-refractivity contribution in [1.29, 1.82) is 0 Å². The first-order chi connectivity index (χ1) is 20.9. The first-order valence-electron chi connectivity index (χ1n) is 16.5. The van der Waals surface area contributed by atoms with Gasteiger partial charge < -0.3 is 19.9 Å². The molecule has 0 spiro atoms. The first-order valence-corrected chi connectivity index (χ1v) is 17.4. The predicted molar refractivity (Wildman–Crippen MR) is 176 cm³/mol. The molecule has 44 heavy (non-hydrogen) atoms. The zero-order valence-electron chi connectivity index (χ0n) is 27.2. The van der Waals surface area contributed by atoms with E-state index in [1.807, 2.05) is 35.7 Å². The van der Waals surface area contributed by atoms with E-state index in [-0.39, 0.29) is 59.5 Å². The van der Waals surface area contributed by atoms with Crippen molar-refractivity contribution in [3.8, 4) is 0 Å². The average Bonchev–Trinajstić information content (AvgIpc) is 3.65. The fourth-order valence-corrected chi connectivity index (χ4v) is 8.31. The summed E-state index contributed by atoms with van der Waals surface area (Å²) in [6.45, 7) is 13.3. The minimum absolute atomic E-state index is 0.01000. The molecule has 2 amide bonds. The molecule has 6 rings (SSSR count). The number of benzene rings is 1. The number of unbranched alkanes of at least 4 members (excludes halogenated alkanes) is 1. The van der Waals surface area contributed by atoms with Crippen LogP contribution in [0.5, 0.6) is 0 Å². The lowest BCUT2D eigenvalue weighted by molar-refractivity contribution is -0.199. The largest absolute Gasteiger partial charge is 0.481 e. The van der Waals surface area contributed by atoms with E-state index in [0.29, 0.717) is 28.7 Å². The normalized spacial score (nSPS) is 26.4. The number of rotatable bonds is 14. The summed E-state index contributed by atoms with van der Waals surface area (Å²) in [7, 11) is -0.556. The van der Waals surface area contributed by atoms with E-state index < -0.39 is 13.0 Å². The van der Waals surface area contributed by atoms with E-state index in [1.165, 1.54) is 16.9 Å². The summed E-state index contributed by atoms with van der Waals surface area (Å²) in [6.07, 6.45) is 6.01. The van der Waals surface area contributed by atoms with Crippen LogP contribution in [0.2, 0.25) is 0 Å². The zero-order valence-corrected chi connectivity index (χ0v) is 28.0. The molecule has 4 fully saturated rings. The molecule has 1 aromatic heterocycles. The Labute approximate surface area is 267 Å². The second kappa shape index (κ2) is 13.5. The van der Waals surface area contributed by atoms with Gasteiger partial charge in [-0.05, 0) is 79.2 Å². The maximum Gasteiger partial charge on any atom is 0.481 e. The van der Waals surface area contributed by atoms with Crippen LogP contribution in [0.1, 0.15) is 106 Å². The predicted octanol–water partition coefficient (Wildman–Crippen LogP) is 6.51. The van der Waals surface area contributed by atoms with E-state index in [2.05, 4.69) is 52.2 Å². The second-order valence-corrected chi connectivity index (χ2v) is 15.3. The van der Waals surface area contributed by atoms with Gasteiger partial charge in [0.2, 0.25) is 5.91 Å². The van der Waals surface area contributed by atoms with Crippen LogP contribution in [0, 0.1) is 29.1 Å². The Morgan fingerprint density at radius 2 is 1.84 bits per heavy atom. The number of thiophene rings is 1. The van der Waals surface area contributed by atoms with Gasteiger partial charge in [0.05, 0.1) is 28.4 Å². The smallest absolute Gasteiger partial charge is 0.404 e. The third kappa shape index (κ3) is 6.85. The monoisotopic (exact) mass is 620 g/mol. The average molecular weight is 621 g/mol. The number of carbonyl (C=O) groups is 3. The van der Waals surface area contributed by atoms with Crippen molar-refractivity contribution in [3.63, 3.8) is 0 Å². The molecule has 2 bridgehead atoms. The molecule has 2 N–H and O–H groups in total. The molecule has 7 nitrogen and oxygen atoms in total. The maximum absolute atomic E-state index is 14.0. The van der Waals surface area contributed by atoms with Gasteiger partial charge in [-0.2, -0.15) is 0 Å². The summed E-state index contributed by atoms with van der Waals surface area (Å²) in [6, 6.07) is 11.3. The van der Waals surface area contributed by atoms with Crippen LogP contribution >= 0.6 is 11.3 Å². The van der Waals surface area contributed by atoms with E-state index >= 15 is 0 Å². The lowest BCUT2D eigenvalue weighted by atomic mass is 9.43. The van der Waals surface area contributed by atoms with Gasteiger partial charge in [0.1, 0.15) is 0 Å². The second-order valence-electron chi connectivity index (χ2n) is 14.4. The van der Waals surface area contributed by atoms with E-state index in [0.717, 1.165) is 32.1 Å². The van der Waals surface area contributed by atoms with Crippen LogP contribution in [0.4, 0.5) is 0 Å². The molecule has 0 unspecified atom stereocenters. The van der Waals surface area contributed by atoms with Crippen LogP contribution in [-0.2, 0) is 20.5 Å². The molecule has 3 saturated carbocycles. The minimum atomic E-state index is -0.744. The molecule has 3 aliphatic carbocycles. The van der Waals surface area contributed by atoms with Crippen molar-refractivity contribution >= 4 is 36.1 Å². The highest BCUT2D eigenvalue weighted by Crippen LogP contribution is 2.65. The third-order valence-electron chi connectivity index (χ3n) is 10.5. The summed E-state index contributed by atoms with van der Waals surface area (Å²) >= 11 is 1.34. The van der Waals surface area contributed by atoms with E-state index in [4.69, 9.17) is 9.31 Å². The zero-order chi connectivity index (χ0) is 31.6. The van der Waals surface area contributed by atoms with Crippen LogP contribution in [-0.4, -0.2) is 48.9 Å². The quantitative estimate of drug-likeness (QED) is 0.186. The highest BCUT2D eigenvalue weighted by molar-refractivity contribution is 7.12. The highest BCUT2D eigenvalue weighted by atomic mass is 32.1. The van der Waals surface area contributed by atoms with Gasteiger partial charge in [-0.25, -0.2) is 0 Å². The van der Waals surface area contributed by atoms with Crippen LogP contribution in [0.3, 0.4) is 0 Å². The van der Waals surface area contributed by atoms with Crippen LogP contribution in [0.15, 0.2) is 41.8 Å². The Bertz CT molecular complexity index is 1310. The molecule has 9 heteroatoms. The summed E-state index contributed by atoms with van der Waals surface area (Å²) in [5.74, 6) is -0.401. The number of nitrogens with one attached hydrogen (secondary N) is 2. The molecule has 6 atom stereocenters. The molecule has 1 saturated heterocycles. The molecule has 238 valence electrons. The number of Topliss-reactive ketones (excluding diaryl/α,β-unsaturated/α-hetero) is 1. The number of amides is 2. The van der Waals surface area contributed by atoms with Crippen LogP contribution in [0.25, 0.3) is 0 Å². The fraction of sp³-hybridized carbons (Fsp3) is 0.629. The summed E-state index contributed by atoms with van der Waals surface area (Å²) < 4.78 is 13.3.